The molecule has 0 atom stereocenters. The van der Waals surface area contributed by atoms with Gasteiger partial charge >= 0.3 is 0 Å². The Morgan fingerprint density at radius 1 is 1.00 bits per heavy atom. The highest BCUT2D eigenvalue weighted by molar-refractivity contribution is 6.06. The number of carbonyl (C=O) groups excluding carboxylic acids is 2. The number of hydrogen-bond acceptors (Lipinski definition) is 6. The maximum absolute atomic E-state index is 12.9. The monoisotopic (exact) mass is 444 g/mol. The van der Waals surface area contributed by atoms with Gasteiger partial charge in [-0.3, -0.25) is 19.7 Å². The molecule has 0 aliphatic carbocycles. The van der Waals surface area contributed by atoms with Gasteiger partial charge in [-0.15, -0.1) is 0 Å². The predicted octanol–water partition coefficient (Wildman–Crippen LogP) is 3.61. The summed E-state index contributed by atoms with van der Waals surface area (Å²) in [5, 5.41) is 27.5. The van der Waals surface area contributed by atoms with Gasteiger partial charge in [-0.05, 0) is 42.8 Å². The number of carbonyl (C=O) groups is 2. The van der Waals surface area contributed by atoms with Crippen molar-refractivity contribution >= 4 is 29.3 Å². The van der Waals surface area contributed by atoms with Crippen LogP contribution in [0, 0.1) is 10.1 Å². The van der Waals surface area contributed by atoms with Crippen molar-refractivity contribution < 1.29 is 19.6 Å². The number of phenols is 1. The zero-order chi connectivity index (χ0) is 23.8. The zero-order valence-corrected chi connectivity index (χ0v) is 17.6. The number of phenolic OH excluding ortho intramolecular Hbond substituents is 1. The summed E-state index contributed by atoms with van der Waals surface area (Å²) >= 11 is 0. The Morgan fingerprint density at radius 3 is 2.39 bits per heavy atom. The lowest BCUT2D eigenvalue weighted by atomic mass is 10.1. The topological polar surface area (TPSA) is 134 Å². The van der Waals surface area contributed by atoms with Crippen LogP contribution in [0.2, 0.25) is 0 Å². The van der Waals surface area contributed by atoms with Gasteiger partial charge in [0, 0.05) is 23.3 Å². The van der Waals surface area contributed by atoms with Gasteiger partial charge in [0.2, 0.25) is 0 Å². The first-order valence-electron chi connectivity index (χ1n) is 9.80. The number of benzene rings is 3. The van der Waals surface area contributed by atoms with E-state index >= 15 is 0 Å². The Bertz CT molecular complexity index is 1250. The normalized spacial score (nSPS) is 11.5. The van der Waals surface area contributed by atoms with Crippen molar-refractivity contribution in [3.05, 3.63) is 111 Å². The summed E-state index contributed by atoms with van der Waals surface area (Å²) in [4.78, 5) is 36.0. The van der Waals surface area contributed by atoms with E-state index in [1.165, 1.54) is 30.3 Å². The number of nitrogens with zero attached hydrogens (tertiary/aromatic N) is 2. The Hall–Kier alpha value is -4.79. The van der Waals surface area contributed by atoms with Crippen LogP contribution in [-0.2, 0) is 4.79 Å². The fourth-order valence-corrected chi connectivity index (χ4v) is 2.87. The number of rotatable bonds is 7. The predicted molar refractivity (Wildman–Crippen MR) is 123 cm³/mol. The number of amides is 2. The second-order valence-electron chi connectivity index (χ2n) is 6.89. The largest absolute Gasteiger partial charge is 0.507 e. The number of nitro groups is 1. The van der Waals surface area contributed by atoms with Crippen molar-refractivity contribution in [2.75, 3.05) is 0 Å². The molecule has 2 amide bonds. The van der Waals surface area contributed by atoms with Gasteiger partial charge in [0.1, 0.15) is 11.4 Å². The second kappa shape index (κ2) is 10.5. The van der Waals surface area contributed by atoms with Crippen LogP contribution < -0.4 is 10.7 Å². The summed E-state index contributed by atoms with van der Waals surface area (Å²) in [6, 6.07) is 20.4. The Labute approximate surface area is 189 Å². The fraction of sp³-hybridized carbons (Fsp3) is 0.0417. The van der Waals surface area contributed by atoms with Crippen LogP contribution in [0.4, 0.5) is 5.69 Å². The fourth-order valence-electron chi connectivity index (χ4n) is 2.87. The Morgan fingerprint density at radius 2 is 1.70 bits per heavy atom. The lowest BCUT2D eigenvalue weighted by molar-refractivity contribution is -0.384. The average Bonchev–Trinajstić information content (AvgIpc) is 2.82. The highest BCUT2D eigenvalue weighted by Crippen LogP contribution is 2.17. The van der Waals surface area contributed by atoms with Crippen molar-refractivity contribution in [3.8, 4) is 5.75 Å². The third-order valence-corrected chi connectivity index (χ3v) is 4.54. The highest BCUT2D eigenvalue weighted by Gasteiger charge is 2.16. The van der Waals surface area contributed by atoms with Crippen LogP contribution in [0.25, 0.3) is 6.08 Å². The summed E-state index contributed by atoms with van der Waals surface area (Å²) < 4.78 is 0. The number of nitrogens with one attached hydrogen (secondary N) is 2. The van der Waals surface area contributed by atoms with Gasteiger partial charge < -0.3 is 10.4 Å². The van der Waals surface area contributed by atoms with E-state index in [1.54, 1.807) is 61.5 Å². The van der Waals surface area contributed by atoms with Gasteiger partial charge in [0.05, 0.1) is 10.6 Å². The minimum atomic E-state index is -0.749. The molecule has 9 nitrogen and oxygen atoms in total. The molecule has 33 heavy (non-hydrogen) atoms. The van der Waals surface area contributed by atoms with E-state index in [2.05, 4.69) is 15.8 Å². The SMILES string of the molecule is CC(=NNC(=O)C(=Cc1cccc([N+](=O)[O-])c1)NC(=O)c1ccccc1)c1ccccc1O. The van der Waals surface area contributed by atoms with Crippen molar-refractivity contribution in [2.24, 2.45) is 5.10 Å². The summed E-state index contributed by atoms with van der Waals surface area (Å²) in [5.41, 5.74) is 3.44. The number of non-ortho nitro benzene ring substituents is 1. The van der Waals surface area contributed by atoms with Crippen molar-refractivity contribution in [1.82, 2.24) is 10.7 Å². The summed E-state index contributed by atoms with van der Waals surface area (Å²) in [5.74, 6) is -1.29. The number of para-hydroxylation sites is 1. The average molecular weight is 444 g/mol. The molecule has 0 heterocycles. The molecule has 0 aliphatic heterocycles. The number of hydrogen-bond donors (Lipinski definition) is 3. The van der Waals surface area contributed by atoms with Crippen LogP contribution in [0.1, 0.15) is 28.4 Å². The van der Waals surface area contributed by atoms with E-state index in [0.29, 0.717) is 22.4 Å². The standard InChI is InChI=1S/C24H20N4O5/c1-16(20-12-5-6-13-22(20)29)26-27-24(31)21(25-23(30)18-9-3-2-4-10-18)15-17-8-7-11-19(14-17)28(32)33/h2-15,29H,1H3,(H,25,30)(H,27,31). The third-order valence-electron chi connectivity index (χ3n) is 4.54. The third kappa shape index (κ3) is 6.11. The van der Waals surface area contributed by atoms with Crippen LogP contribution in [-0.4, -0.2) is 27.6 Å². The minimum absolute atomic E-state index is 0.00209. The molecule has 0 aromatic heterocycles. The lowest BCUT2D eigenvalue weighted by Crippen LogP contribution is -2.33. The summed E-state index contributed by atoms with van der Waals surface area (Å²) in [6.07, 6.45) is 1.31. The molecule has 0 fully saturated rings. The molecule has 0 radical (unpaired) electrons. The molecule has 3 aromatic carbocycles. The first-order valence-corrected chi connectivity index (χ1v) is 9.80. The van der Waals surface area contributed by atoms with Crippen LogP contribution in [0.3, 0.4) is 0 Å². The van der Waals surface area contributed by atoms with E-state index in [0.717, 1.165) is 0 Å². The van der Waals surface area contributed by atoms with E-state index in [9.17, 15) is 24.8 Å². The maximum Gasteiger partial charge on any atom is 0.287 e. The zero-order valence-electron chi connectivity index (χ0n) is 17.6. The summed E-state index contributed by atoms with van der Waals surface area (Å²) in [6.45, 7) is 1.60. The van der Waals surface area contributed by atoms with Gasteiger partial charge in [-0.2, -0.15) is 5.10 Å². The van der Waals surface area contributed by atoms with Crippen LogP contribution >= 0.6 is 0 Å². The molecule has 0 unspecified atom stereocenters. The van der Waals surface area contributed by atoms with Gasteiger partial charge in [0.25, 0.3) is 17.5 Å². The molecule has 9 heteroatoms. The van der Waals surface area contributed by atoms with Gasteiger partial charge in [0.15, 0.2) is 0 Å². The van der Waals surface area contributed by atoms with Crippen LogP contribution in [0.15, 0.2) is 89.7 Å². The quantitative estimate of drug-likeness (QED) is 0.221. The van der Waals surface area contributed by atoms with E-state index in [-0.39, 0.29) is 17.1 Å². The van der Waals surface area contributed by atoms with Gasteiger partial charge in [-0.1, -0.05) is 42.5 Å². The molecule has 0 saturated heterocycles. The van der Waals surface area contributed by atoms with E-state index in [4.69, 9.17) is 0 Å². The molecule has 3 aromatic rings. The van der Waals surface area contributed by atoms with Gasteiger partial charge in [-0.25, -0.2) is 5.43 Å². The molecule has 3 rings (SSSR count). The molecule has 0 bridgehead atoms. The first-order chi connectivity index (χ1) is 15.8. The number of nitro benzene ring substituents is 1. The second-order valence-corrected chi connectivity index (χ2v) is 6.89. The molecule has 0 spiro atoms. The summed E-state index contributed by atoms with van der Waals surface area (Å²) in [7, 11) is 0. The molecule has 3 N–H and O–H groups in total. The molecule has 0 aliphatic rings. The van der Waals surface area contributed by atoms with Crippen molar-refractivity contribution in [2.45, 2.75) is 6.92 Å². The Kier molecular flexibility index (Phi) is 7.28. The van der Waals surface area contributed by atoms with Crippen molar-refractivity contribution in [3.63, 3.8) is 0 Å². The number of aromatic hydroxyl groups is 1. The molecular weight excluding hydrogens is 424 g/mol. The lowest BCUT2D eigenvalue weighted by Gasteiger charge is -2.10. The maximum atomic E-state index is 12.9. The van der Waals surface area contributed by atoms with Crippen LogP contribution in [0.5, 0.6) is 5.75 Å². The molecule has 0 saturated carbocycles. The number of hydrazone groups is 1. The smallest absolute Gasteiger partial charge is 0.287 e. The van der Waals surface area contributed by atoms with E-state index in [1.807, 2.05) is 0 Å². The molecule has 166 valence electrons. The van der Waals surface area contributed by atoms with Crippen molar-refractivity contribution in [1.29, 1.82) is 0 Å². The molecular formula is C24H20N4O5. The first kappa shape index (κ1) is 22.9. The Balaban J connectivity index is 1.90. The minimum Gasteiger partial charge on any atom is -0.507 e. The van der Waals surface area contributed by atoms with E-state index < -0.39 is 16.7 Å². The highest BCUT2D eigenvalue weighted by atomic mass is 16.6.